The number of fused-ring (bicyclic) bond motifs is 1. The summed E-state index contributed by atoms with van der Waals surface area (Å²) in [5, 5.41) is 13.6. The Labute approximate surface area is 163 Å². The molecule has 1 fully saturated rings. The summed E-state index contributed by atoms with van der Waals surface area (Å²) in [6, 6.07) is 10.3. The topological polar surface area (TPSA) is 48.8 Å². The highest BCUT2D eigenvalue weighted by atomic mass is 32.1. The maximum Gasteiger partial charge on any atom is 0.215 e. The van der Waals surface area contributed by atoms with Gasteiger partial charge >= 0.3 is 0 Å². The van der Waals surface area contributed by atoms with Crippen LogP contribution in [0, 0.1) is 0 Å². The number of hydrogen-bond acceptors (Lipinski definition) is 6. The zero-order valence-electron chi connectivity index (χ0n) is 15.8. The Bertz CT molecular complexity index is 932. The predicted octanol–water partition coefficient (Wildman–Crippen LogP) is 3.90. The van der Waals surface area contributed by atoms with Crippen LogP contribution in [0.25, 0.3) is 10.1 Å². The number of benzene rings is 1. The van der Waals surface area contributed by atoms with Gasteiger partial charge in [-0.3, -0.25) is 4.90 Å². The van der Waals surface area contributed by atoms with E-state index in [0.717, 1.165) is 67.2 Å². The molecule has 0 aliphatic carbocycles. The largest absolute Gasteiger partial charge is 0.495 e. The van der Waals surface area contributed by atoms with Crippen LogP contribution in [0.2, 0.25) is 0 Å². The average Bonchev–Trinajstić information content (AvgIpc) is 3.19. The second kappa shape index (κ2) is 7.74. The lowest BCUT2D eigenvalue weighted by Crippen LogP contribution is -2.46. The second-order valence-corrected chi connectivity index (χ2v) is 7.73. The van der Waals surface area contributed by atoms with E-state index in [4.69, 9.17) is 4.74 Å². The van der Waals surface area contributed by atoms with Crippen LogP contribution in [0.1, 0.15) is 18.2 Å². The molecule has 0 unspecified atom stereocenters. The Morgan fingerprint density at radius 2 is 1.93 bits per heavy atom. The quantitative estimate of drug-likeness (QED) is 0.724. The van der Waals surface area contributed by atoms with Gasteiger partial charge in [0.25, 0.3) is 0 Å². The maximum atomic E-state index is 10.3. The van der Waals surface area contributed by atoms with Gasteiger partial charge in [0.15, 0.2) is 0 Å². The van der Waals surface area contributed by atoms with Crippen LogP contribution in [0.5, 0.6) is 11.6 Å². The fraction of sp³-hybridized carbons (Fsp3) is 0.381. The van der Waals surface area contributed by atoms with Gasteiger partial charge in [-0.15, -0.1) is 11.3 Å². The van der Waals surface area contributed by atoms with Gasteiger partial charge in [0.2, 0.25) is 5.88 Å². The normalized spacial score (nSPS) is 15.4. The van der Waals surface area contributed by atoms with Gasteiger partial charge in [-0.25, -0.2) is 4.98 Å². The van der Waals surface area contributed by atoms with Crippen molar-refractivity contribution >= 4 is 27.1 Å². The first-order valence-corrected chi connectivity index (χ1v) is 10.3. The number of aryl methyl sites for hydroxylation is 1. The molecule has 0 saturated carbocycles. The van der Waals surface area contributed by atoms with E-state index >= 15 is 0 Å². The Kier molecular flexibility index (Phi) is 5.18. The van der Waals surface area contributed by atoms with Gasteiger partial charge in [0, 0.05) is 43.7 Å². The molecule has 1 saturated heterocycles. The molecule has 0 amide bonds. The number of rotatable bonds is 5. The fourth-order valence-corrected chi connectivity index (χ4v) is 4.75. The van der Waals surface area contributed by atoms with E-state index in [-0.39, 0.29) is 5.88 Å². The van der Waals surface area contributed by atoms with Crippen molar-refractivity contribution in [2.24, 2.45) is 0 Å². The molecule has 3 aromatic rings. The number of aromatic nitrogens is 1. The molecule has 142 valence electrons. The summed E-state index contributed by atoms with van der Waals surface area (Å²) in [6.45, 7) is 6.66. The summed E-state index contributed by atoms with van der Waals surface area (Å²) in [6.07, 6.45) is 0.796. The van der Waals surface area contributed by atoms with E-state index in [9.17, 15) is 5.11 Å². The van der Waals surface area contributed by atoms with Gasteiger partial charge in [0.05, 0.1) is 23.2 Å². The second-order valence-electron chi connectivity index (χ2n) is 6.81. The number of methoxy groups -OCH3 is 1. The first-order chi connectivity index (χ1) is 13.2. The summed E-state index contributed by atoms with van der Waals surface area (Å²) in [5.74, 6) is 1.11. The van der Waals surface area contributed by atoms with Crippen molar-refractivity contribution in [2.75, 3.05) is 38.2 Å². The van der Waals surface area contributed by atoms with Crippen LogP contribution < -0.4 is 9.64 Å². The van der Waals surface area contributed by atoms with Crippen LogP contribution in [-0.4, -0.2) is 48.3 Å². The molecule has 2 aromatic heterocycles. The Morgan fingerprint density at radius 3 is 2.67 bits per heavy atom. The van der Waals surface area contributed by atoms with Crippen LogP contribution >= 0.6 is 11.3 Å². The number of nitrogens with zero attached hydrogens (tertiary/aromatic N) is 3. The van der Waals surface area contributed by atoms with Crippen molar-refractivity contribution in [3.8, 4) is 11.6 Å². The van der Waals surface area contributed by atoms with Gasteiger partial charge in [-0.1, -0.05) is 19.1 Å². The minimum atomic E-state index is 0.186. The molecule has 0 spiro atoms. The van der Waals surface area contributed by atoms with Gasteiger partial charge in [-0.05, 0) is 30.0 Å². The highest BCUT2D eigenvalue weighted by Crippen LogP contribution is 2.33. The molecule has 0 bridgehead atoms. The SMILES string of the molecule is CCc1c(O)nc(CN2CCN(c3ccccc3OC)CC2)c2sccc12. The van der Waals surface area contributed by atoms with Crippen molar-refractivity contribution in [1.82, 2.24) is 9.88 Å². The number of aromatic hydroxyl groups is 1. The van der Waals surface area contributed by atoms with Crippen LogP contribution in [0.15, 0.2) is 35.7 Å². The molecule has 1 N–H and O–H groups in total. The van der Waals surface area contributed by atoms with E-state index in [1.165, 1.54) is 4.70 Å². The monoisotopic (exact) mass is 383 g/mol. The third-order valence-electron chi connectivity index (χ3n) is 5.29. The lowest BCUT2D eigenvalue weighted by Gasteiger charge is -2.36. The van der Waals surface area contributed by atoms with Crippen molar-refractivity contribution in [2.45, 2.75) is 19.9 Å². The number of thiophene rings is 1. The molecule has 4 rings (SSSR count). The fourth-order valence-electron chi connectivity index (χ4n) is 3.84. The lowest BCUT2D eigenvalue weighted by atomic mass is 10.1. The van der Waals surface area contributed by atoms with Crippen molar-refractivity contribution in [3.05, 3.63) is 47.0 Å². The maximum absolute atomic E-state index is 10.3. The van der Waals surface area contributed by atoms with Crippen molar-refractivity contribution in [1.29, 1.82) is 0 Å². The number of pyridine rings is 1. The number of piperazine rings is 1. The molecule has 1 aliphatic rings. The van der Waals surface area contributed by atoms with E-state index in [1.807, 2.05) is 12.1 Å². The van der Waals surface area contributed by atoms with Gasteiger partial charge in [-0.2, -0.15) is 0 Å². The number of ether oxygens (including phenoxy) is 1. The molecule has 3 heterocycles. The van der Waals surface area contributed by atoms with E-state index in [1.54, 1.807) is 18.4 Å². The Hall–Kier alpha value is -2.31. The molecule has 0 atom stereocenters. The molecule has 0 radical (unpaired) electrons. The molecular formula is C21H25N3O2S. The molecule has 1 aliphatic heterocycles. The molecule has 6 heteroatoms. The zero-order chi connectivity index (χ0) is 18.8. The standard InChI is InChI=1S/C21H25N3O2S/c1-3-15-16-8-13-27-20(16)17(22-21(15)25)14-23-9-11-24(12-10-23)18-6-4-5-7-19(18)26-2/h4-8,13H,3,9-12,14H2,1-2H3,(H,22,25). The predicted molar refractivity (Wildman–Crippen MR) is 111 cm³/mol. The molecular weight excluding hydrogens is 358 g/mol. The smallest absolute Gasteiger partial charge is 0.215 e. The van der Waals surface area contributed by atoms with Crippen LogP contribution in [-0.2, 0) is 13.0 Å². The zero-order valence-corrected chi connectivity index (χ0v) is 16.6. The summed E-state index contributed by atoms with van der Waals surface area (Å²) in [4.78, 5) is 9.32. The highest BCUT2D eigenvalue weighted by Gasteiger charge is 2.22. The van der Waals surface area contributed by atoms with Crippen molar-refractivity contribution < 1.29 is 9.84 Å². The minimum Gasteiger partial charge on any atom is -0.495 e. The number of anilines is 1. The van der Waals surface area contributed by atoms with E-state index < -0.39 is 0 Å². The molecule has 27 heavy (non-hydrogen) atoms. The van der Waals surface area contributed by atoms with E-state index in [0.29, 0.717) is 0 Å². The Morgan fingerprint density at radius 1 is 1.15 bits per heavy atom. The van der Waals surface area contributed by atoms with Crippen molar-refractivity contribution in [3.63, 3.8) is 0 Å². The van der Waals surface area contributed by atoms with E-state index in [2.05, 4.69) is 45.3 Å². The summed E-state index contributed by atoms with van der Waals surface area (Å²) in [7, 11) is 1.72. The van der Waals surface area contributed by atoms with Crippen LogP contribution in [0.4, 0.5) is 5.69 Å². The summed E-state index contributed by atoms with van der Waals surface area (Å²) < 4.78 is 6.71. The van der Waals surface area contributed by atoms with Gasteiger partial charge < -0.3 is 14.7 Å². The number of para-hydroxylation sites is 2. The molecule has 5 nitrogen and oxygen atoms in total. The first kappa shape index (κ1) is 18.1. The first-order valence-electron chi connectivity index (χ1n) is 9.39. The van der Waals surface area contributed by atoms with Gasteiger partial charge in [0.1, 0.15) is 5.75 Å². The summed E-state index contributed by atoms with van der Waals surface area (Å²) in [5.41, 5.74) is 3.10. The minimum absolute atomic E-state index is 0.186. The number of hydrogen-bond donors (Lipinski definition) is 1. The third-order valence-corrected chi connectivity index (χ3v) is 6.25. The Balaban J connectivity index is 1.49. The summed E-state index contributed by atoms with van der Waals surface area (Å²) >= 11 is 1.72. The lowest BCUT2D eigenvalue weighted by molar-refractivity contribution is 0.246. The molecule has 1 aromatic carbocycles. The van der Waals surface area contributed by atoms with Crippen LogP contribution in [0.3, 0.4) is 0 Å². The average molecular weight is 384 g/mol. The highest BCUT2D eigenvalue weighted by molar-refractivity contribution is 7.17. The third kappa shape index (κ3) is 3.47.